The van der Waals surface area contributed by atoms with Crippen LogP contribution in [0.3, 0.4) is 0 Å². The molecule has 164 valence electrons. The van der Waals surface area contributed by atoms with Crippen molar-refractivity contribution in [2.24, 2.45) is 0 Å². The number of nitrogens with zero attached hydrogens (tertiary/aromatic N) is 2. The molecule has 0 radical (unpaired) electrons. The summed E-state index contributed by atoms with van der Waals surface area (Å²) in [6, 6.07) is 13.0. The minimum atomic E-state index is -0.348. The van der Waals surface area contributed by atoms with Crippen LogP contribution in [0.4, 0.5) is 15.8 Å². The predicted octanol–water partition coefficient (Wildman–Crippen LogP) is 2.66. The van der Waals surface area contributed by atoms with Crippen molar-refractivity contribution in [3.05, 3.63) is 54.3 Å². The summed E-state index contributed by atoms with van der Waals surface area (Å²) in [6.07, 6.45) is 0. The van der Waals surface area contributed by atoms with Crippen molar-refractivity contribution in [1.29, 1.82) is 0 Å². The third-order valence-corrected chi connectivity index (χ3v) is 5.75. The van der Waals surface area contributed by atoms with Crippen molar-refractivity contribution < 1.29 is 18.8 Å². The van der Waals surface area contributed by atoms with E-state index in [0.717, 1.165) is 10.6 Å². The molecule has 31 heavy (non-hydrogen) atoms. The van der Waals surface area contributed by atoms with Gasteiger partial charge in [-0.15, -0.1) is 11.8 Å². The van der Waals surface area contributed by atoms with Gasteiger partial charge in [0.1, 0.15) is 5.82 Å². The lowest BCUT2D eigenvalue weighted by Crippen LogP contribution is -2.50. The fourth-order valence-corrected chi connectivity index (χ4v) is 3.97. The highest BCUT2D eigenvalue weighted by molar-refractivity contribution is 8.00. The molecule has 0 aliphatic carbocycles. The molecule has 0 atom stereocenters. The molecule has 2 N–H and O–H groups in total. The average Bonchev–Trinajstić information content (AvgIpc) is 2.75. The van der Waals surface area contributed by atoms with Crippen LogP contribution in [-0.2, 0) is 14.4 Å². The Hall–Kier alpha value is -2.91. The summed E-state index contributed by atoms with van der Waals surface area (Å²) >= 11 is 1.46. The van der Waals surface area contributed by atoms with Gasteiger partial charge in [-0.05, 0) is 48.5 Å². The molecular weight excluding hydrogens is 419 g/mol. The molecule has 1 aliphatic heterocycles. The molecule has 0 unspecified atom stereocenters. The Balaban J connectivity index is 1.37. The highest BCUT2D eigenvalue weighted by Crippen LogP contribution is 2.21. The quantitative estimate of drug-likeness (QED) is 0.642. The lowest BCUT2D eigenvalue weighted by Gasteiger charge is -2.34. The predicted molar refractivity (Wildman–Crippen MR) is 120 cm³/mol. The fourth-order valence-electron chi connectivity index (χ4n) is 3.17. The van der Waals surface area contributed by atoms with E-state index in [4.69, 9.17) is 0 Å². The summed E-state index contributed by atoms with van der Waals surface area (Å²) < 4.78 is 12.9. The van der Waals surface area contributed by atoms with Gasteiger partial charge in [0.2, 0.25) is 17.7 Å². The molecule has 1 aliphatic rings. The summed E-state index contributed by atoms with van der Waals surface area (Å²) in [5.74, 6) is -0.234. The molecular formula is C22H25FN4O3S. The molecule has 3 amide bonds. The number of thioether (sulfide) groups is 1. The van der Waals surface area contributed by atoms with E-state index < -0.39 is 0 Å². The summed E-state index contributed by atoms with van der Waals surface area (Å²) in [7, 11) is 0. The second-order valence-corrected chi connectivity index (χ2v) is 8.25. The smallest absolute Gasteiger partial charge is 0.238 e. The highest BCUT2D eigenvalue weighted by atomic mass is 32.2. The number of anilines is 2. The van der Waals surface area contributed by atoms with Gasteiger partial charge in [0.05, 0.1) is 12.3 Å². The molecule has 2 aromatic carbocycles. The van der Waals surface area contributed by atoms with Gasteiger partial charge in [-0.1, -0.05) is 0 Å². The van der Waals surface area contributed by atoms with Crippen LogP contribution in [0, 0.1) is 5.82 Å². The Kier molecular flexibility index (Phi) is 8.02. The van der Waals surface area contributed by atoms with Gasteiger partial charge in [-0.3, -0.25) is 19.3 Å². The number of rotatable bonds is 7. The number of hydrogen-bond donors (Lipinski definition) is 2. The molecule has 1 fully saturated rings. The Morgan fingerprint density at radius 1 is 0.903 bits per heavy atom. The second-order valence-electron chi connectivity index (χ2n) is 7.21. The van der Waals surface area contributed by atoms with E-state index in [1.54, 1.807) is 0 Å². The van der Waals surface area contributed by atoms with Crippen LogP contribution in [0.2, 0.25) is 0 Å². The maximum Gasteiger partial charge on any atom is 0.238 e. The first-order valence-corrected chi connectivity index (χ1v) is 10.9. The van der Waals surface area contributed by atoms with Crippen LogP contribution in [-0.4, -0.2) is 66.0 Å². The zero-order valence-corrected chi connectivity index (χ0v) is 18.1. The van der Waals surface area contributed by atoms with E-state index in [1.807, 2.05) is 34.1 Å². The molecule has 0 aromatic heterocycles. The Morgan fingerprint density at radius 3 is 2.10 bits per heavy atom. The second kappa shape index (κ2) is 10.9. The van der Waals surface area contributed by atoms with Crippen molar-refractivity contribution in [3.63, 3.8) is 0 Å². The van der Waals surface area contributed by atoms with Crippen molar-refractivity contribution in [3.8, 4) is 0 Å². The Labute approximate surface area is 185 Å². The first-order chi connectivity index (χ1) is 14.9. The Bertz CT molecular complexity index is 913. The van der Waals surface area contributed by atoms with Crippen LogP contribution < -0.4 is 10.6 Å². The van der Waals surface area contributed by atoms with Crippen molar-refractivity contribution >= 4 is 40.9 Å². The highest BCUT2D eigenvalue weighted by Gasteiger charge is 2.22. The number of carbonyl (C=O) groups is 3. The number of hydrogen-bond acceptors (Lipinski definition) is 5. The molecule has 0 saturated carbocycles. The largest absolute Gasteiger partial charge is 0.339 e. The fraction of sp³-hybridized carbons (Fsp3) is 0.318. The van der Waals surface area contributed by atoms with Gasteiger partial charge in [-0.25, -0.2) is 4.39 Å². The first kappa shape index (κ1) is 22.8. The summed E-state index contributed by atoms with van der Waals surface area (Å²) in [5, 5.41) is 5.46. The number of piperazine rings is 1. The SMILES string of the molecule is CC(=O)Nc1ccc(SCC(=O)N2CCN(CC(=O)Nc3ccc(F)cc3)CC2)cc1. The molecule has 2 aromatic rings. The molecule has 0 spiro atoms. The zero-order chi connectivity index (χ0) is 22.2. The number of benzene rings is 2. The topological polar surface area (TPSA) is 81.8 Å². The molecule has 1 saturated heterocycles. The monoisotopic (exact) mass is 444 g/mol. The molecule has 3 rings (SSSR count). The van der Waals surface area contributed by atoms with E-state index in [0.29, 0.717) is 37.6 Å². The van der Waals surface area contributed by atoms with Crippen molar-refractivity contribution in [1.82, 2.24) is 9.80 Å². The first-order valence-electron chi connectivity index (χ1n) is 9.95. The van der Waals surface area contributed by atoms with E-state index in [2.05, 4.69) is 10.6 Å². The van der Waals surface area contributed by atoms with Crippen LogP contribution >= 0.6 is 11.8 Å². The number of halogens is 1. The zero-order valence-electron chi connectivity index (χ0n) is 17.3. The van der Waals surface area contributed by atoms with Gasteiger partial charge >= 0.3 is 0 Å². The van der Waals surface area contributed by atoms with Gasteiger partial charge in [-0.2, -0.15) is 0 Å². The van der Waals surface area contributed by atoms with Crippen LogP contribution in [0.1, 0.15) is 6.92 Å². The van der Waals surface area contributed by atoms with Crippen LogP contribution in [0.5, 0.6) is 0 Å². The van der Waals surface area contributed by atoms with Crippen molar-refractivity contribution in [2.75, 3.05) is 49.1 Å². The number of nitrogens with one attached hydrogen (secondary N) is 2. The molecule has 9 heteroatoms. The minimum Gasteiger partial charge on any atom is -0.339 e. The third kappa shape index (κ3) is 7.37. The van der Waals surface area contributed by atoms with E-state index >= 15 is 0 Å². The molecule has 7 nitrogen and oxygen atoms in total. The van der Waals surface area contributed by atoms with Crippen LogP contribution in [0.15, 0.2) is 53.4 Å². The number of carbonyl (C=O) groups excluding carboxylic acids is 3. The lowest BCUT2D eigenvalue weighted by atomic mass is 10.3. The van der Waals surface area contributed by atoms with Gasteiger partial charge in [0.25, 0.3) is 0 Å². The van der Waals surface area contributed by atoms with Gasteiger partial charge in [0, 0.05) is 49.4 Å². The lowest BCUT2D eigenvalue weighted by molar-refractivity contribution is -0.130. The van der Waals surface area contributed by atoms with E-state index in [1.165, 1.54) is 43.0 Å². The number of amides is 3. The molecule has 0 bridgehead atoms. The Morgan fingerprint density at radius 2 is 1.48 bits per heavy atom. The summed E-state index contributed by atoms with van der Waals surface area (Å²) in [6.45, 7) is 4.08. The normalized spacial score (nSPS) is 14.2. The van der Waals surface area contributed by atoms with Crippen LogP contribution in [0.25, 0.3) is 0 Å². The summed E-state index contributed by atoms with van der Waals surface area (Å²) in [5.41, 5.74) is 1.28. The van der Waals surface area contributed by atoms with Crippen molar-refractivity contribution in [2.45, 2.75) is 11.8 Å². The van der Waals surface area contributed by atoms with Gasteiger partial charge < -0.3 is 15.5 Å². The van der Waals surface area contributed by atoms with E-state index in [9.17, 15) is 18.8 Å². The maximum absolute atomic E-state index is 12.9. The minimum absolute atomic E-state index is 0.0614. The molecule has 1 heterocycles. The standard InChI is InChI=1S/C22H25FN4O3S/c1-16(28)24-18-6-8-20(9-7-18)31-15-22(30)27-12-10-26(11-13-27)14-21(29)25-19-4-2-17(23)3-5-19/h2-9H,10-15H2,1H3,(H,24,28)(H,25,29). The average molecular weight is 445 g/mol. The summed E-state index contributed by atoms with van der Waals surface area (Å²) in [4.78, 5) is 40.5. The van der Waals surface area contributed by atoms with E-state index in [-0.39, 0.29) is 30.1 Å². The van der Waals surface area contributed by atoms with Gasteiger partial charge in [0.15, 0.2) is 0 Å². The third-order valence-electron chi connectivity index (χ3n) is 4.76. The maximum atomic E-state index is 12.9.